The molecule has 1 saturated carbocycles. The van der Waals surface area contributed by atoms with Crippen LogP contribution in [0.5, 0.6) is 5.75 Å². The molecule has 3 heteroatoms. The predicted octanol–water partition coefficient (Wildman–Crippen LogP) is 4.15. The van der Waals surface area contributed by atoms with E-state index in [1.165, 1.54) is 32.1 Å². The van der Waals surface area contributed by atoms with Crippen molar-refractivity contribution >= 4 is 5.71 Å². The second-order valence-electron chi connectivity index (χ2n) is 5.50. The van der Waals surface area contributed by atoms with Crippen molar-refractivity contribution in [2.75, 3.05) is 6.61 Å². The van der Waals surface area contributed by atoms with Gasteiger partial charge in [-0.15, -0.1) is 0 Å². The molecule has 0 aliphatic heterocycles. The van der Waals surface area contributed by atoms with E-state index in [9.17, 15) is 0 Å². The molecule has 0 saturated heterocycles. The molecule has 0 unspecified atom stereocenters. The quantitative estimate of drug-likeness (QED) is 0.502. The lowest BCUT2D eigenvalue weighted by Gasteiger charge is -2.22. The molecule has 0 amide bonds. The standard InChI is InChI=1S/C16H23NO2/c1-12-8-9-16(15(10-12)13(2)17-18)19-11-14-6-4-3-5-7-14/h8-10,14,18H,3-7,11H2,1-2H3/b17-13+. The van der Waals surface area contributed by atoms with Gasteiger partial charge in [0.05, 0.1) is 12.3 Å². The highest BCUT2D eigenvalue weighted by atomic mass is 16.5. The minimum Gasteiger partial charge on any atom is -0.493 e. The lowest BCUT2D eigenvalue weighted by Crippen LogP contribution is -2.16. The number of ether oxygens (including phenoxy) is 1. The first-order valence-corrected chi connectivity index (χ1v) is 7.13. The first-order chi connectivity index (χ1) is 9.20. The van der Waals surface area contributed by atoms with Crippen molar-refractivity contribution in [3.8, 4) is 5.75 Å². The Morgan fingerprint density at radius 3 is 2.74 bits per heavy atom. The Balaban J connectivity index is 2.06. The number of aryl methyl sites for hydroxylation is 1. The van der Waals surface area contributed by atoms with Gasteiger partial charge in [0.1, 0.15) is 5.75 Å². The van der Waals surface area contributed by atoms with Gasteiger partial charge in [-0.25, -0.2) is 0 Å². The molecule has 0 bridgehead atoms. The van der Waals surface area contributed by atoms with Gasteiger partial charge in [0.15, 0.2) is 0 Å². The van der Waals surface area contributed by atoms with Crippen LogP contribution in [0.3, 0.4) is 0 Å². The Kier molecular flexibility index (Phi) is 4.83. The van der Waals surface area contributed by atoms with Crippen LogP contribution in [0.2, 0.25) is 0 Å². The summed E-state index contributed by atoms with van der Waals surface area (Å²) in [5.74, 6) is 1.50. The highest BCUT2D eigenvalue weighted by Gasteiger charge is 2.15. The molecule has 0 heterocycles. The van der Waals surface area contributed by atoms with Crippen LogP contribution in [0.15, 0.2) is 23.4 Å². The van der Waals surface area contributed by atoms with Crippen LogP contribution in [0.1, 0.15) is 50.2 Å². The normalized spacial score (nSPS) is 17.5. The van der Waals surface area contributed by atoms with E-state index >= 15 is 0 Å². The summed E-state index contributed by atoms with van der Waals surface area (Å²) in [5, 5.41) is 12.2. The van der Waals surface area contributed by atoms with Crippen LogP contribution in [0.25, 0.3) is 0 Å². The van der Waals surface area contributed by atoms with E-state index in [0.29, 0.717) is 11.6 Å². The summed E-state index contributed by atoms with van der Waals surface area (Å²) in [7, 11) is 0. The molecular weight excluding hydrogens is 238 g/mol. The van der Waals surface area contributed by atoms with Crippen molar-refractivity contribution in [2.24, 2.45) is 11.1 Å². The second-order valence-corrected chi connectivity index (χ2v) is 5.50. The maximum absolute atomic E-state index is 8.95. The molecule has 3 nitrogen and oxygen atoms in total. The number of nitrogens with zero attached hydrogens (tertiary/aromatic N) is 1. The summed E-state index contributed by atoms with van der Waals surface area (Å²) in [6.45, 7) is 4.59. The number of oxime groups is 1. The zero-order valence-corrected chi connectivity index (χ0v) is 11.9. The van der Waals surface area contributed by atoms with Crippen LogP contribution >= 0.6 is 0 Å². The Morgan fingerprint density at radius 1 is 1.32 bits per heavy atom. The molecule has 1 aromatic carbocycles. The van der Waals surface area contributed by atoms with Gasteiger partial charge in [0.2, 0.25) is 0 Å². The summed E-state index contributed by atoms with van der Waals surface area (Å²) >= 11 is 0. The third-order valence-corrected chi connectivity index (χ3v) is 3.87. The summed E-state index contributed by atoms with van der Waals surface area (Å²) in [5.41, 5.74) is 2.63. The molecular formula is C16H23NO2. The monoisotopic (exact) mass is 261 g/mol. The van der Waals surface area contributed by atoms with E-state index in [-0.39, 0.29) is 0 Å². The average molecular weight is 261 g/mol. The first kappa shape index (κ1) is 13.9. The fraction of sp³-hybridized carbons (Fsp3) is 0.562. The molecule has 104 valence electrons. The average Bonchev–Trinajstić information content (AvgIpc) is 2.46. The van der Waals surface area contributed by atoms with Gasteiger partial charge in [-0.1, -0.05) is 36.0 Å². The highest BCUT2D eigenvalue weighted by Crippen LogP contribution is 2.26. The largest absolute Gasteiger partial charge is 0.493 e. The second kappa shape index (κ2) is 6.60. The SMILES string of the molecule is C/C(=N\O)c1cc(C)ccc1OCC1CCCCC1. The maximum atomic E-state index is 8.95. The summed E-state index contributed by atoms with van der Waals surface area (Å²) in [4.78, 5) is 0. The Hall–Kier alpha value is -1.51. The number of hydrogen-bond donors (Lipinski definition) is 1. The Bertz CT molecular complexity index is 448. The molecule has 1 aliphatic rings. The van der Waals surface area contributed by atoms with Gasteiger partial charge in [-0.2, -0.15) is 0 Å². The molecule has 0 aromatic heterocycles. The van der Waals surface area contributed by atoms with Crippen LogP contribution < -0.4 is 4.74 Å². The Morgan fingerprint density at radius 2 is 2.05 bits per heavy atom. The molecule has 0 atom stereocenters. The van der Waals surface area contributed by atoms with Gasteiger partial charge >= 0.3 is 0 Å². The van der Waals surface area contributed by atoms with Crippen molar-refractivity contribution in [1.29, 1.82) is 0 Å². The molecule has 19 heavy (non-hydrogen) atoms. The van der Waals surface area contributed by atoms with Crippen molar-refractivity contribution in [3.63, 3.8) is 0 Å². The minimum absolute atomic E-state index is 0.599. The third kappa shape index (κ3) is 3.72. The number of rotatable bonds is 4. The third-order valence-electron chi connectivity index (χ3n) is 3.87. The molecule has 1 aliphatic carbocycles. The van der Waals surface area contributed by atoms with Crippen LogP contribution in [0, 0.1) is 12.8 Å². The van der Waals surface area contributed by atoms with Gasteiger partial charge < -0.3 is 9.94 Å². The van der Waals surface area contributed by atoms with Crippen LogP contribution in [-0.2, 0) is 0 Å². The summed E-state index contributed by atoms with van der Waals surface area (Å²) in [6.07, 6.45) is 6.56. The van der Waals surface area contributed by atoms with Crippen molar-refractivity contribution in [1.82, 2.24) is 0 Å². The smallest absolute Gasteiger partial charge is 0.128 e. The number of benzene rings is 1. The minimum atomic E-state index is 0.599. The van der Waals surface area contributed by atoms with E-state index in [4.69, 9.17) is 9.94 Å². The zero-order valence-electron chi connectivity index (χ0n) is 11.9. The topological polar surface area (TPSA) is 41.8 Å². The lowest BCUT2D eigenvalue weighted by atomic mass is 9.90. The summed E-state index contributed by atoms with van der Waals surface area (Å²) < 4.78 is 5.96. The van der Waals surface area contributed by atoms with Gasteiger partial charge in [0.25, 0.3) is 0 Å². The van der Waals surface area contributed by atoms with E-state index in [2.05, 4.69) is 5.16 Å². The van der Waals surface area contributed by atoms with Gasteiger partial charge in [-0.3, -0.25) is 0 Å². The zero-order chi connectivity index (χ0) is 13.7. The molecule has 1 aromatic rings. The highest BCUT2D eigenvalue weighted by molar-refractivity contribution is 6.00. The molecule has 1 fully saturated rings. The fourth-order valence-corrected chi connectivity index (χ4v) is 2.67. The van der Waals surface area contributed by atoms with E-state index in [0.717, 1.165) is 23.5 Å². The van der Waals surface area contributed by atoms with E-state index < -0.39 is 0 Å². The van der Waals surface area contributed by atoms with Crippen molar-refractivity contribution in [3.05, 3.63) is 29.3 Å². The molecule has 1 N–H and O–H groups in total. The first-order valence-electron chi connectivity index (χ1n) is 7.13. The van der Waals surface area contributed by atoms with Gasteiger partial charge in [-0.05, 0) is 44.7 Å². The summed E-state index contributed by atoms with van der Waals surface area (Å²) in [6, 6.07) is 6.01. The van der Waals surface area contributed by atoms with Crippen molar-refractivity contribution < 1.29 is 9.94 Å². The van der Waals surface area contributed by atoms with Crippen LogP contribution in [-0.4, -0.2) is 17.5 Å². The van der Waals surface area contributed by atoms with E-state index in [1.807, 2.05) is 25.1 Å². The maximum Gasteiger partial charge on any atom is 0.128 e. The molecule has 0 spiro atoms. The van der Waals surface area contributed by atoms with Crippen molar-refractivity contribution in [2.45, 2.75) is 46.0 Å². The molecule has 2 rings (SSSR count). The van der Waals surface area contributed by atoms with Gasteiger partial charge in [0, 0.05) is 5.56 Å². The number of hydrogen-bond acceptors (Lipinski definition) is 3. The molecule has 0 radical (unpaired) electrons. The van der Waals surface area contributed by atoms with Crippen LogP contribution in [0.4, 0.5) is 0 Å². The predicted molar refractivity (Wildman–Crippen MR) is 77.2 cm³/mol. The fourth-order valence-electron chi connectivity index (χ4n) is 2.67. The Labute approximate surface area is 115 Å². The van der Waals surface area contributed by atoms with E-state index in [1.54, 1.807) is 6.92 Å². The lowest BCUT2D eigenvalue weighted by molar-refractivity contribution is 0.208.